The fourth-order valence-electron chi connectivity index (χ4n) is 1.64. The van der Waals surface area contributed by atoms with Crippen LogP contribution in [-0.2, 0) is 6.18 Å². The van der Waals surface area contributed by atoms with Crippen LogP contribution in [0.15, 0.2) is 24.3 Å². The minimum Gasteiger partial charge on any atom is -0.489 e. The highest BCUT2D eigenvalue weighted by molar-refractivity contribution is 5.29. The van der Waals surface area contributed by atoms with Gasteiger partial charge in [0.2, 0.25) is 0 Å². The Balaban J connectivity index is 2.01. The molecule has 1 aliphatic rings. The number of rotatable bonds is 2. The van der Waals surface area contributed by atoms with Crippen molar-refractivity contribution in [2.45, 2.75) is 18.7 Å². The van der Waals surface area contributed by atoms with Gasteiger partial charge in [-0.2, -0.15) is 13.2 Å². The lowest BCUT2D eigenvalue weighted by Gasteiger charge is -2.13. The topological polar surface area (TPSA) is 21.3 Å². The van der Waals surface area contributed by atoms with Gasteiger partial charge in [0.05, 0.1) is 5.56 Å². The molecule has 0 amide bonds. The average molecular weight is 231 g/mol. The Morgan fingerprint density at radius 2 is 1.88 bits per heavy atom. The van der Waals surface area contributed by atoms with Gasteiger partial charge in [-0.05, 0) is 37.2 Å². The van der Waals surface area contributed by atoms with E-state index < -0.39 is 11.7 Å². The first-order valence-electron chi connectivity index (χ1n) is 5.10. The predicted octanol–water partition coefficient (Wildman–Crippen LogP) is 2.45. The fourth-order valence-corrected chi connectivity index (χ4v) is 1.64. The highest BCUT2D eigenvalue weighted by atomic mass is 19.4. The Morgan fingerprint density at radius 1 is 1.19 bits per heavy atom. The van der Waals surface area contributed by atoms with Gasteiger partial charge in [-0.3, -0.25) is 0 Å². The molecular weight excluding hydrogens is 219 g/mol. The van der Waals surface area contributed by atoms with Crippen LogP contribution >= 0.6 is 0 Å². The molecule has 1 aromatic carbocycles. The van der Waals surface area contributed by atoms with Crippen molar-refractivity contribution < 1.29 is 17.9 Å². The summed E-state index contributed by atoms with van der Waals surface area (Å²) in [5.41, 5.74) is -0.649. The molecule has 1 heterocycles. The van der Waals surface area contributed by atoms with Crippen LogP contribution in [0, 0.1) is 0 Å². The molecule has 0 radical (unpaired) electrons. The van der Waals surface area contributed by atoms with Crippen molar-refractivity contribution in [3.8, 4) is 5.75 Å². The third-order valence-corrected chi connectivity index (χ3v) is 2.50. The molecule has 1 aromatic rings. The smallest absolute Gasteiger partial charge is 0.416 e. The van der Waals surface area contributed by atoms with Crippen LogP contribution in [0.25, 0.3) is 0 Å². The fraction of sp³-hybridized carbons (Fsp3) is 0.455. The molecule has 1 N–H and O–H groups in total. The molecule has 1 atom stereocenters. The van der Waals surface area contributed by atoms with Crippen LogP contribution in [0.5, 0.6) is 5.75 Å². The SMILES string of the molecule is FC(F)(F)c1ccc(O[C@H]2CCNC2)cc1. The van der Waals surface area contributed by atoms with E-state index in [2.05, 4.69) is 5.32 Å². The molecular formula is C11H12F3NO. The van der Waals surface area contributed by atoms with E-state index >= 15 is 0 Å². The number of ether oxygens (including phenoxy) is 1. The molecule has 88 valence electrons. The van der Waals surface area contributed by atoms with Gasteiger partial charge in [-0.1, -0.05) is 0 Å². The maximum atomic E-state index is 12.3. The third-order valence-electron chi connectivity index (χ3n) is 2.50. The maximum absolute atomic E-state index is 12.3. The maximum Gasteiger partial charge on any atom is 0.416 e. The zero-order valence-electron chi connectivity index (χ0n) is 8.55. The monoisotopic (exact) mass is 231 g/mol. The molecule has 1 aliphatic heterocycles. The van der Waals surface area contributed by atoms with Crippen molar-refractivity contribution in [1.82, 2.24) is 5.32 Å². The van der Waals surface area contributed by atoms with Crippen LogP contribution in [0.2, 0.25) is 0 Å². The summed E-state index contributed by atoms with van der Waals surface area (Å²) >= 11 is 0. The zero-order chi connectivity index (χ0) is 11.6. The van der Waals surface area contributed by atoms with E-state index in [1.807, 2.05) is 0 Å². The Hall–Kier alpha value is -1.23. The summed E-state index contributed by atoms with van der Waals surface area (Å²) in [7, 11) is 0. The second-order valence-electron chi connectivity index (χ2n) is 3.75. The highest BCUT2D eigenvalue weighted by Gasteiger charge is 2.30. The molecule has 1 fully saturated rings. The normalized spacial score (nSPS) is 21.1. The third kappa shape index (κ3) is 2.66. The van der Waals surface area contributed by atoms with Crippen molar-refractivity contribution in [3.63, 3.8) is 0 Å². The minimum atomic E-state index is -4.28. The van der Waals surface area contributed by atoms with E-state index in [9.17, 15) is 13.2 Å². The number of alkyl halides is 3. The standard InChI is InChI=1S/C11H12F3NO/c12-11(13,14)8-1-3-9(4-2-8)16-10-5-6-15-7-10/h1-4,10,15H,5-7H2/t10-/m0/s1. The van der Waals surface area contributed by atoms with E-state index in [-0.39, 0.29) is 6.10 Å². The molecule has 0 aliphatic carbocycles. The van der Waals surface area contributed by atoms with E-state index in [0.717, 1.165) is 31.6 Å². The second kappa shape index (κ2) is 4.33. The van der Waals surface area contributed by atoms with Gasteiger partial charge in [0.15, 0.2) is 0 Å². The molecule has 0 spiro atoms. The van der Waals surface area contributed by atoms with E-state index in [0.29, 0.717) is 5.75 Å². The largest absolute Gasteiger partial charge is 0.489 e. The summed E-state index contributed by atoms with van der Waals surface area (Å²) in [6.45, 7) is 1.65. The lowest BCUT2D eigenvalue weighted by molar-refractivity contribution is -0.137. The summed E-state index contributed by atoms with van der Waals surface area (Å²) in [4.78, 5) is 0. The molecule has 5 heteroatoms. The van der Waals surface area contributed by atoms with E-state index in [1.54, 1.807) is 0 Å². The molecule has 0 bridgehead atoms. The second-order valence-corrected chi connectivity index (χ2v) is 3.75. The van der Waals surface area contributed by atoms with Crippen LogP contribution < -0.4 is 10.1 Å². The summed E-state index contributed by atoms with van der Waals surface area (Å²) in [6.07, 6.45) is -3.33. The summed E-state index contributed by atoms with van der Waals surface area (Å²) < 4.78 is 42.3. The lowest BCUT2D eigenvalue weighted by atomic mass is 10.2. The Kier molecular flexibility index (Phi) is 3.05. The van der Waals surface area contributed by atoms with Gasteiger partial charge < -0.3 is 10.1 Å². The molecule has 2 nitrogen and oxygen atoms in total. The molecule has 1 saturated heterocycles. The Morgan fingerprint density at radius 3 is 2.38 bits per heavy atom. The molecule has 2 rings (SSSR count). The van der Waals surface area contributed by atoms with Gasteiger partial charge in [0, 0.05) is 6.54 Å². The van der Waals surface area contributed by atoms with Gasteiger partial charge in [0.1, 0.15) is 11.9 Å². The Bertz CT molecular complexity index is 341. The molecule has 16 heavy (non-hydrogen) atoms. The van der Waals surface area contributed by atoms with Gasteiger partial charge in [-0.25, -0.2) is 0 Å². The van der Waals surface area contributed by atoms with E-state index in [4.69, 9.17) is 4.74 Å². The number of benzene rings is 1. The van der Waals surface area contributed by atoms with Crippen LogP contribution in [-0.4, -0.2) is 19.2 Å². The van der Waals surface area contributed by atoms with Crippen LogP contribution in [0.4, 0.5) is 13.2 Å². The van der Waals surface area contributed by atoms with Crippen LogP contribution in [0.3, 0.4) is 0 Å². The molecule has 0 aromatic heterocycles. The molecule has 0 unspecified atom stereocenters. The molecule has 0 saturated carbocycles. The lowest BCUT2D eigenvalue weighted by Crippen LogP contribution is -2.19. The highest BCUT2D eigenvalue weighted by Crippen LogP contribution is 2.30. The first-order chi connectivity index (χ1) is 7.55. The summed E-state index contributed by atoms with van der Waals surface area (Å²) in [5, 5.41) is 3.12. The van der Waals surface area contributed by atoms with E-state index in [1.165, 1.54) is 12.1 Å². The van der Waals surface area contributed by atoms with Crippen molar-refractivity contribution in [1.29, 1.82) is 0 Å². The number of halogens is 3. The zero-order valence-corrected chi connectivity index (χ0v) is 8.55. The number of hydrogen-bond acceptors (Lipinski definition) is 2. The first-order valence-corrected chi connectivity index (χ1v) is 5.10. The van der Waals surface area contributed by atoms with Crippen molar-refractivity contribution >= 4 is 0 Å². The summed E-state index contributed by atoms with van der Waals surface area (Å²) in [6, 6.07) is 4.80. The quantitative estimate of drug-likeness (QED) is 0.844. The predicted molar refractivity (Wildman–Crippen MR) is 53.3 cm³/mol. The van der Waals surface area contributed by atoms with Gasteiger partial charge in [-0.15, -0.1) is 0 Å². The van der Waals surface area contributed by atoms with Gasteiger partial charge in [0.25, 0.3) is 0 Å². The first kappa shape index (κ1) is 11.3. The van der Waals surface area contributed by atoms with Crippen molar-refractivity contribution in [2.75, 3.05) is 13.1 Å². The average Bonchev–Trinajstić information content (AvgIpc) is 2.70. The number of hydrogen-bond donors (Lipinski definition) is 1. The van der Waals surface area contributed by atoms with Crippen LogP contribution in [0.1, 0.15) is 12.0 Å². The Labute approximate surface area is 91.4 Å². The van der Waals surface area contributed by atoms with Crippen molar-refractivity contribution in [2.24, 2.45) is 0 Å². The van der Waals surface area contributed by atoms with Crippen molar-refractivity contribution in [3.05, 3.63) is 29.8 Å². The minimum absolute atomic E-state index is 0.0664. The summed E-state index contributed by atoms with van der Waals surface area (Å²) in [5.74, 6) is 0.488. The van der Waals surface area contributed by atoms with Gasteiger partial charge >= 0.3 is 6.18 Å². The number of nitrogens with one attached hydrogen (secondary N) is 1.